The number of anilines is 1. The first-order valence-corrected chi connectivity index (χ1v) is 7.15. The van der Waals surface area contributed by atoms with Crippen LogP contribution in [0.1, 0.15) is 45.1 Å². The summed E-state index contributed by atoms with van der Waals surface area (Å²) in [5.41, 5.74) is 0.977. The molecule has 1 unspecified atom stereocenters. The number of hydrogen-bond acceptors (Lipinski definition) is 1. The Kier molecular flexibility index (Phi) is 3.76. The fourth-order valence-electron chi connectivity index (χ4n) is 2.69. The van der Waals surface area contributed by atoms with Gasteiger partial charge in [-0.1, -0.05) is 26.7 Å². The van der Waals surface area contributed by atoms with E-state index in [1.807, 2.05) is 6.92 Å². The van der Waals surface area contributed by atoms with Gasteiger partial charge in [-0.05, 0) is 46.5 Å². The highest BCUT2D eigenvalue weighted by molar-refractivity contribution is 9.10. The van der Waals surface area contributed by atoms with Crippen LogP contribution in [0.25, 0.3) is 0 Å². The van der Waals surface area contributed by atoms with Gasteiger partial charge in [0.2, 0.25) is 5.91 Å². The highest BCUT2D eigenvalue weighted by Crippen LogP contribution is 2.46. The summed E-state index contributed by atoms with van der Waals surface area (Å²) in [7, 11) is 0. The van der Waals surface area contributed by atoms with Crippen molar-refractivity contribution < 1.29 is 9.18 Å². The Bertz CT molecular complexity index is 489. The van der Waals surface area contributed by atoms with Crippen molar-refractivity contribution in [2.45, 2.75) is 44.9 Å². The van der Waals surface area contributed by atoms with Crippen LogP contribution >= 0.6 is 15.9 Å². The Morgan fingerprint density at radius 1 is 1.39 bits per heavy atom. The van der Waals surface area contributed by atoms with E-state index in [1.54, 1.807) is 0 Å². The van der Waals surface area contributed by atoms with E-state index in [1.165, 1.54) is 12.1 Å². The third-order valence-corrected chi connectivity index (χ3v) is 4.43. The smallest absolute Gasteiger partial charge is 0.235 e. The maximum absolute atomic E-state index is 13.6. The SMILES string of the molecule is CCCCC1(CC)C(=O)Nc2c(Br)cc(F)cc21. The summed E-state index contributed by atoms with van der Waals surface area (Å²) in [6.45, 7) is 4.09. The molecule has 1 amide bonds. The predicted molar refractivity (Wildman–Crippen MR) is 74.2 cm³/mol. The molecule has 1 aromatic rings. The van der Waals surface area contributed by atoms with Crippen molar-refractivity contribution in [2.75, 3.05) is 5.32 Å². The zero-order valence-electron chi connectivity index (χ0n) is 10.6. The van der Waals surface area contributed by atoms with Gasteiger partial charge < -0.3 is 5.32 Å². The van der Waals surface area contributed by atoms with E-state index in [0.29, 0.717) is 10.9 Å². The number of halogens is 2. The molecule has 0 aliphatic carbocycles. The topological polar surface area (TPSA) is 29.1 Å². The quantitative estimate of drug-likeness (QED) is 0.878. The number of nitrogens with one attached hydrogen (secondary N) is 1. The normalized spacial score (nSPS) is 21.9. The lowest BCUT2D eigenvalue weighted by atomic mass is 9.75. The van der Waals surface area contributed by atoms with Gasteiger partial charge in [-0.15, -0.1) is 0 Å². The van der Waals surface area contributed by atoms with Gasteiger partial charge in [0, 0.05) is 4.47 Å². The van der Waals surface area contributed by atoms with Crippen molar-refractivity contribution in [3.8, 4) is 0 Å². The first-order valence-electron chi connectivity index (χ1n) is 6.36. The third kappa shape index (κ3) is 1.96. The molecule has 18 heavy (non-hydrogen) atoms. The van der Waals surface area contributed by atoms with Crippen LogP contribution in [0.15, 0.2) is 16.6 Å². The summed E-state index contributed by atoms with van der Waals surface area (Å²) >= 11 is 3.32. The summed E-state index contributed by atoms with van der Waals surface area (Å²) in [6.07, 6.45) is 3.46. The first-order chi connectivity index (χ1) is 8.55. The number of unbranched alkanes of at least 4 members (excludes halogenated alkanes) is 1. The van der Waals surface area contributed by atoms with E-state index in [2.05, 4.69) is 28.2 Å². The summed E-state index contributed by atoms with van der Waals surface area (Å²) in [4.78, 5) is 12.3. The van der Waals surface area contributed by atoms with E-state index < -0.39 is 5.41 Å². The van der Waals surface area contributed by atoms with Crippen molar-refractivity contribution in [3.05, 3.63) is 28.0 Å². The van der Waals surface area contributed by atoms with E-state index >= 15 is 0 Å². The summed E-state index contributed by atoms with van der Waals surface area (Å²) < 4.78 is 14.2. The summed E-state index contributed by atoms with van der Waals surface area (Å²) in [6, 6.07) is 2.89. The zero-order chi connectivity index (χ0) is 13.3. The molecule has 0 saturated heterocycles. The Morgan fingerprint density at radius 3 is 2.72 bits per heavy atom. The molecule has 0 saturated carbocycles. The van der Waals surface area contributed by atoms with E-state index in [0.717, 1.165) is 30.5 Å². The second-order valence-electron chi connectivity index (χ2n) is 4.80. The molecule has 1 aliphatic rings. The molecule has 0 radical (unpaired) electrons. The van der Waals surface area contributed by atoms with Crippen LogP contribution in [0.4, 0.5) is 10.1 Å². The molecule has 2 rings (SSSR count). The van der Waals surface area contributed by atoms with E-state index in [4.69, 9.17) is 0 Å². The Hall–Kier alpha value is -0.900. The minimum atomic E-state index is -0.560. The number of carbonyl (C=O) groups excluding carboxylic acids is 1. The van der Waals surface area contributed by atoms with Gasteiger partial charge in [-0.2, -0.15) is 0 Å². The molecule has 0 aromatic heterocycles. The van der Waals surface area contributed by atoms with Crippen molar-refractivity contribution in [1.29, 1.82) is 0 Å². The number of rotatable bonds is 4. The van der Waals surface area contributed by atoms with Crippen LogP contribution in [-0.2, 0) is 10.2 Å². The molecule has 98 valence electrons. The maximum atomic E-state index is 13.6. The number of hydrogen-bond donors (Lipinski definition) is 1. The molecule has 1 aliphatic heterocycles. The van der Waals surface area contributed by atoms with Gasteiger partial charge >= 0.3 is 0 Å². The molecular formula is C14H17BrFNO. The van der Waals surface area contributed by atoms with Crippen LogP contribution in [0.5, 0.6) is 0 Å². The highest BCUT2D eigenvalue weighted by atomic mass is 79.9. The van der Waals surface area contributed by atoms with Crippen LogP contribution in [0, 0.1) is 5.82 Å². The molecule has 1 heterocycles. The van der Waals surface area contributed by atoms with Gasteiger partial charge in [0.25, 0.3) is 0 Å². The summed E-state index contributed by atoms with van der Waals surface area (Å²) in [5, 5.41) is 2.89. The van der Waals surface area contributed by atoms with Crippen LogP contribution in [0.3, 0.4) is 0 Å². The van der Waals surface area contributed by atoms with Crippen molar-refractivity contribution >= 4 is 27.5 Å². The van der Waals surface area contributed by atoms with Gasteiger partial charge in [0.15, 0.2) is 0 Å². The molecule has 0 bridgehead atoms. The van der Waals surface area contributed by atoms with E-state index in [-0.39, 0.29) is 11.7 Å². The second-order valence-corrected chi connectivity index (χ2v) is 5.66. The standard InChI is InChI=1S/C14H17BrFNO/c1-3-5-6-14(4-2)10-7-9(16)8-11(15)12(10)17-13(14)18/h7-8H,3-6H2,1-2H3,(H,17,18). The van der Waals surface area contributed by atoms with E-state index in [9.17, 15) is 9.18 Å². The second kappa shape index (κ2) is 5.00. The monoisotopic (exact) mass is 313 g/mol. The number of carbonyl (C=O) groups is 1. The minimum Gasteiger partial charge on any atom is -0.324 e. The third-order valence-electron chi connectivity index (χ3n) is 3.80. The molecule has 2 nitrogen and oxygen atoms in total. The predicted octanol–water partition coefficient (Wildman–Crippen LogP) is 4.38. The van der Waals surface area contributed by atoms with Crippen LogP contribution in [-0.4, -0.2) is 5.91 Å². The van der Waals surface area contributed by atoms with Gasteiger partial charge in [0.1, 0.15) is 5.82 Å². The Balaban J connectivity index is 2.54. The van der Waals surface area contributed by atoms with Crippen molar-refractivity contribution in [3.63, 3.8) is 0 Å². The van der Waals surface area contributed by atoms with Gasteiger partial charge in [-0.25, -0.2) is 4.39 Å². The van der Waals surface area contributed by atoms with Crippen LogP contribution < -0.4 is 5.32 Å². The molecule has 0 fully saturated rings. The molecule has 1 N–H and O–H groups in total. The highest BCUT2D eigenvalue weighted by Gasteiger charge is 2.45. The molecular weight excluding hydrogens is 297 g/mol. The van der Waals surface area contributed by atoms with Crippen LogP contribution in [0.2, 0.25) is 0 Å². The lowest BCUT2D eigenvalue weighted by Gasteiger charge is -2.25. The molecule has 1 atom stereocenters. The van der Waals surface area contributed by atoms with Crippen molar-refractivity contribution in [1.82, 2.24) is 0 Å². The number of amides is 1. The number of benzene rings is 1. The molecule has 0 spiro atoms. The largest absolute Gasteiger partial charge is 0.324 e. The van der Waals surface area contributed by atoms with Gasteiger partial charge in [-0.3, -0.25) is 4.79 Å². The summed E-state index contributed by atoms with van der Waals surface area (Å²) in [5.74, 6) is -0.300. The maximum Gasteiger partial charge on any atom is 0.235 e. The average Bonchev–Trinajstić information content (AvgIpc) is 2.61. The zero-order valence-corrected chi connectivity index (χ0v) is 12.2. The first kappa shape index (κ1) is 13.5. The Morgan fingerprint density at radius 2 is 2.11 bits per heavy atom. The fourth-order valence-corrected chi connectivity index (χ4v) is 3.22. The lowest BCUT2D eigenvalue weighted by Crippen LogP contribution is -2.33. The molecule has 1 aromatic carbocycles. The number of fused-ring (bicyclic) bond motifs is 1. The van der Waals surface area contributed by atoms with Gasteiger partial charge in [0.05, 0.1) is 11.1 Å². The lowest BCUT2D eigenvalue weighted by molar-refractivity contribution is -0.121. The van der Waals surface area contributed by atoms with Crippen molar-refractivity contribution in [2.24, 2.45) is 0 Å². The minimum absolute atomic E-state index is 0.000231. The fraction of sp³-hybridized carbons (Fsp3) is 0.500. The average molecular weight is 314 g/mol. The Labute approximate surface area is 115 Å². The molecule has 4 heteroatoms.